The number of aromatic nitrogens is 2. The van der Waals surface area contributed by atoms with Crippen LogP contribution in [0.4, 0.5) is 0 Å². The molecule has 0 saturated heterocycles. The van der Waals surface area contributed by atoms with Crippen molar-refractivity contribution in [3.63, 3.8) is 0 Å². The standard InChI is InChI=1S/2C5H4BrNO/c6-4-1-5(8)3-7-2-4;6-5-2-1-4(8)3-7-5/h2*1-3,8H. The van der Waals surface area contributed by atoms with E-state index in [1.54, 1.807) is 24.4 Å². The molecule has 0 fully saturated rings. The van der Waals surface area contributed by atoms with Gasteiger partial charge in [0.1, 0.15) is 16.1 Å². The first-order valence-corrected chi connectivity index (χ1v) is 5.76. The first kappa shape index (κ1) is 12.9. The molecule has 16 heavy (non-hydrogen) atoms. The zero-order valence-corrected chi connectivity index (χ0v) is 11.2. The van der Waals surface area contributed by atoms with Crippen molar-refractivity contribution in [1.82, 2.24) is 9.97 Å². The summed E-state index contributed by atoms with van der Waals surface area (Å²) < 4.78 is 1.52. The molecule has 0 atom stereocenters. The van der Waals surface area contributed by atoms with Crippen molar-refractivity contribution in [1.29, 1.82) is 0 Å². The molecule has 0 aliphatic heterocycles. The van der Waals surface area contributed by atoms with Gasteiger partial charge in [-0.05, 0) is 50.1 Å². The Hall–Kier alpha value is -1.14. The van der Waals surface area contributed by atoms with Crippen LogP contribution in [-0.2, 0) is 0 Å². The monoisotopic (exact) mass is 346 g/mol. The fourth-order valence-corrected chi connectivity index (χ4v) is 1.36. The highest BCUT2D eigenvalue weighted by Crippen LogP contribution is 2.13. The van der Waals surface area contributed by atoms with Crippen LogP contribution in [-0.4, -0.2) is 20.2 Å². The lowest BCUT2D eigenvalue weighted by Gasteiger charge is -1.87. The van der Waals surface area contributed by atoms with Crippen molar-refractivity contribution in [3.8, 4) is 11.5 Å². The molecular formula is C10H8Br2N2O2. The van der Waals surface area contributed by atoms with E-state index >= 15 is 0 Å². The second-order valence-electron chi connectivity index (χ2n) is 2.70. The lowest BCUT2D eigenvalue weighted by Crippen LogP contribution is -1.70. The molecule has 2 heterocycles. The molecule has 2 aromatic rings. The highest BCUT2D eigenvalue weighted by Gasteiger charge is 1.86. The zero-order valence-electron chi connectivity index (χ0n) is 8.01. The van der Waals surface area contributed by atoms with E-state index in [1.165, 1.54) is 12.4 Å². The second-order valence-corrected chi connectivity index (χ2v) is 4.43. The molecule has 0 amide bonds. The van der Waals surface area contributed by atoms with Crippen molar-refractivity contribution in [3.05, 3.63) is 45.9 Å². The number of aromatic hydroxyl groups is 2. The van der Waals surface area contributed by atoms with Crippen LogP contribution in [0, 0.1) is 0 Å². The summed E-state index contributed by atoms with van der Waals surface area (Å²) in [6.07, 6.45) is 4.37. The molecule has 0 saturated carbocycles. The van der Waals surface area contributed by atoms with Gasteiger partial charge in [0.05, 0.1) is 12.4 Å². The Morgan fingerprint density at radius 1 is 0.938 bits per heavy atom. The van der Waals surface area contributed by atoms with E-state index < -0.39 is 0 Å². The van der Waals surface area contributed by atoms with Crippen molar-refractivity contribution < 1.29 is 10.2 Å². The SMILES string of the molecule is Oc1ccc(Br)nc1.Oc1cncc(Br)c1. The van der Waals surface area contributed by atoms with Gasteiger partial charge in [-0.15, -0.1) is 0 Å². The van der Waals surface area contributed by atoms with Gasteiger partial charge < -0.3 is 10.2 Å². The number of pyridine rings is 2. The molecule has 0 bridgehead atoms. The minimum absolute atomic E-state index is 0.180. The molecule has 0 aliphatic carbocycles. The fourth-order valence-electron chi connectivity index (χ4n) is 0.769. The smallest absolute Gasteiger partial charge is 0.134 e. The van der Waals surface area contributed by atoms with Crippen molar-refractivity contribution in [2.75, 3.05) is 0 Å². The molecule has 0 aromatic carbocycles. The maximum absolute atomic E-state index is 8.72. The Morgan fingerprint density at radius 2 is 1.69 bits per heavy atom. The molecule has 4 nitrogen and oxygen atoms in total. The normalized spacial score (nSPS) is 9.12. The van der Waals surface area contributed by atoms with Gasteiger partial charge in [-0.1, -0.05) is 0 Å². The summed E-state index contributed by atoms with van der Waals surface area (Å²) in [5, 5.41) is 17.4. The summed E-state index contributed by atoms with van der Waals surface area (Å²) in [6, 6.07) is 4.82. The van der Waals surface area contributed by atoms with Gasteiger partial charge in [-0.2, -0.15) is 0 Å². The lowest BCUT2D eigenvalue weighted by molar-refractivity contribution is 0.472. The van der Waals surface area contributed by atoms with Gasteiger partial charge in [0.25, 0.3) is 0 Å². The average molecular weight is 348 g/mol. The number of nitrogens with zero attached hydrogens (tertiary/aromatic N) is 2. The third kappa shape index (κ3) is 5.09. The average Bonchev–Trinajstić information content (AvgIpc) is 2.23. The summed E-state index contributed by atoms with van der Waals surface area (Å²) in [6.45, 7) is 0. The highest BCUT2D eigenvalue weighted by molar-refractivity contribution is 9.10. The van der Waals surface area contributed by atoms with Crippen LogP contribution in [0.25, 0.3) is 0 Å². The van der Waals surface area contributed by atoms with Crippen LogP contribution in [0.15, 0.2) is 45.9 Å². The molecular weight excluding hydrogens is 340 g/mol. The third-order valence-corrected chi connectivity index (χ3v) is 2.30. The number of hydrogen-bond acceptors (Lipinski definition) is 4. The Balaban J connectivity index is 0.000000160. The number of halogens is 2. The van der Waals surface area contributed by atoms with Crippen LogP contribution in [0.5, 0.6) is 11.5 Å². The van der Waals surface area contributed by atoms with E-state index in [2.05, 4.69) is 41.8 Å². The van der Waals surface area contributed by atoms with E-state index in [9.17, 15) is 0 Å². The van der Waals surface area contributed by atoms with Gasteiger partial charge in [0, 0.05) is 10.7 Å². The first-order valence-electron chi connectivity index (χ1n) is 4.18. The maximum Gasteiger partial charge on any atom is 0.134 e. The topological polar surface area (TPSA) is 66.2 Å². The van der Waals surface area contributed by atoms with Gasteiger partial charge in [0.2, 0.25) is 0 Å². The van der Waals surface area contributed by atoms with Crippen LogP contribution >= 0.6 is 31.9 Å². The van der Waals surface area contributed by atoms with Crippen LogP contribution in [0.1, 0.15) is 0 Å². The molecule has 0 radical (unpaired) electrons. The van der Waals surface area contributed by atoms with E-state index in [1.807, 2.05) is 0 Å². The molecule has 0 spiro atoms. The van der Waals surface area contributed by atoms with Gasteiger partial charge >= 0.3 is 0 Å². The molecule has 2 N–H and O–H groups in total. The van der Waals surface area contributed by atoms with Crippen LogP contribution < -0.4 is 0 Å². The van der Waals surface area contributed by atoms with Crippen molar-refractivity contribution in [2.45, 2.75) is 0 Å². The molecule has 2 rings (SSSR count). The summed E-state index contributed by atoms with van der Waals surface area (Å²) in [5.41, 5.74) is 0. The van der Waals surface area contributed by atoms with Crippen molar-refractivity contribution in [2.24, 2.45) is 0 Å². The minimum Gasteiger partial charge on any atom is -0.506 e. The number of hydrogen-bond donors (Lipinski definition) is 2. The largest absolute Gasteiger partial charge is 0.506 e. The quantitative estimate of drug-likeness (QED) is 0.718. The lowest BCUT2D eigenvalue weighted by atomic mass is 10.5. The predicted octanol–water partition coefficient (Wildman–Crippen LogP) is 3.10. The molecule has 0 unspecified atom stereocenters. The first-order chi connectivity index (χ1) is 7.58. The molecule has 6 heteroatoms. The van der Waals surface area contributed by atoms with Crippen LogP contribution in [0.2, 0.25) is 0 Å². The van der Waals surface area contributed by atoms with Gasteiger partial charge in [-0.25, -0.2) is 4.98 Å². The predicted molar refractivity (Wildman–Crippen MR) is 67.2 cm³/mol. The van der Waals surface area contributed by atoms with Crippen molar-refractivity contribution >= 4 is 31.9 Å². The highest BCUT2D eigenvalue weighted by atomic mass is 79.9. The van der Waals surface area contributed by atoms with E-state index in [-0.39, 0.29) is 11.5 Å². The van der Waals surface area contributed by atoms with E-state index in [0.717, 1.165) is 9.08 Å². The summed E-state index contributed by atoms with van der Waals surface area (Å²) in [7, 11) is 0. The molecule has 0 aliphatic rings. The Kier molecular flexibility index (Phi) is 5.21. The van der Waals surface area contributed by atoms with Gasteiger partial charge in [-0.3, -0.25) is 4.98 Å². The molecule has 2 aromatic heterocycles. The van der Waals surface area contributed by atoms with Crippen LogP contribution in [0.3, 0.4) is 0 Å². The third-order valence-electron chi connectivity index (χ3n) is 1.40. The summed E-state index contributed by atoms with van der Waals surface area (Å²) in [4.78, 5) is 7.43. The van der Waals surface area contributed by atoms with E-state index in [4.69, 9.17) is 10.2 Å². The van der Waals surface area contributed by atoms with E-state index in [0.29, 0.717) is 0 Å². The Bertz CT molecular complexity index is 411. The molecule has 84 valence electrons. The zero-order chi connectivity index (χ0) is 12.0. The fraction of sp³-hybridized carbons (Fsp3) is 0. The summed E-state index contributed by atoms with van der Waals surface area (Å²) in [5.74, 6) is 0.368. The Morgan fingerprint density at radius 3 is 2.06 bits per heavy atom. The maximum atomic E-state index is 8.72. The minimum atomic E-state index is 0.180. The Labute approximate surface area is 109 Å². The number of rotatable bonds is 0. The van der Waals surface area contributed by atoms with Gasteiger partial charge in [0.15, 0.2) is 0 Å². The second kappa shape index (κ2) is 6.44. The summed E-state index contributed by atoms with van der Waals surface area (Å²) >= 11 is 6.26.